The molecule has 1 atom stereocenters. The largest absolute Gasteiger partial charge is 0.307 e. The fourth-order valence-corrected chi connectivity index (χ4v) is 2.10. The van der Waals surface area contributed by atoms with Crippen molar-refractivity contribution in [3.8, 4) is 0 Å². The van der Waals surface area contributed by atoms with Crippen molar-refractivity contribution in [2.75, 3.05) is 5.88 Å². The monoisotopic (exact) mass is 219 g/mol. The minimum Gasteiger partial charge on any atom is -0.303 e. The average molecular weight is 220 g/mol. The Labute approximate surface area is 87.2 Å². The highest BCUT2D eigenvalue weighted by molar-refractivity contribution is 7.09. The van der Waals surface area contributed by atoms with Crippen LogP contribution in [-0.4, -0.2) is 10.4 Å². The van der Waals surface area contributed by atoms with Crippen LogP contribution in [0.3, 0.4) is 0 Å². The van der Waals surface area contributed by atoms with Crippen molar-refractivity contribution in [3.63, 3.8) is 0 Å². The fraction of sp³-hybridized carbons (Fsp3) is 0.667. The van der Waals surface area contributed by atoms with Crippen LogP contribution < -0.4 is 4.87 Å². The summed E-state index contributed by atoms with van der Waals surface area (Å²) in [6.07, 6.45) is 0. The number of hydrogen-bond acceptors (Lipinski definition) is 2. The molecule has 0 N–H and O–H groups in total. The molecule has 2 nitrogen and oxygen atoms in total. The number of aryl methyl sites for hydroxylation is 1. The number of aromatic nitrogens is 1. The van der Waals surface area contributed by atoms with Gasteiger partial charge in [0.05, 0.1) is 0 Å². The summed E-state index contributed by atoms with van der Waals surface area (Å²) in [6.45, 7) is 6.74. The lowest BCUT2D eigenvalue weighted by atomic mass is 10.2. The molecule has 0 fully saturated rings. The molecule has 0 spiro atoms. The van der Waals surface area contributed by atoms with Crippen LogP contribution in [0.4, 0.5) is 0 Å². The normalized spacial score (nSPS) is 13.2. The average Bonchev–Trinajstić information content (AvgIpc) is 2.32. The smallest absolute Gasteiger partial charge is 0.303 e. The summed E-state index contributed by atoms with van der Waals surface area (Å²) >= 11 is 7.01. The molecule has 1 aromatic rings. The molecule has 1 rings (SSSR count). The highest BCUT2D eigenvalue weighted by atomic mass is 35.5. The molecule has 0 aromatic carbocycles. The van der Waals surface area contributed by atoms with E-state index in [-0.39, 0.29) is 4.87 Å². The minimum atomic E-state index is 0.131. The third kappa shape index (κ3) is 2.35. The van der Waals surface area contributed by atoms with E-state index in [1.54, 1.807) is 0 Å². The fourth-order valence-electron chi connectivity index (χ4n) is 1.16. The van der Waals surface area contributed by atoms with Gasteiger partial charge in [0.1, 0.15) is 0 Å². The van der Waals surface area contributed by atoms with Gasteiger partial charge in [0.15, 0.2) is 0 Å². The van der Waals surface area contributed by atoms with E-state index in [1.165, 1.54) is 11.3 Å². The lowest BCUT2D eigenvalue weighted by molar-refractivity contribution is 0.514. The quantitative estimate of drug-likeness (QED) is 0.716. The van der Waals surface area contributed by atoms with Crippen molar-refractivity contribution in [1.82, 2.24) is 4.57 Å². The number of hydrogen-bond donors (Lipinski definition) is 0. The first kappa shape index (κ1) is 10.8. The van der Waals surface area contributed by atoms with Gasteiger partial charge in [-0.05, 0) is 19.8 Å². The molecule has 0 amide bonds. The highest BCUT2D eigenvalue weighted by Gasteiger charge is 2.09. The predicted molar refractivity (Wildman–Crippen MR) is 57.9 cm³/mol. The second-order valence-electron chi connectivity index (χ2n) is 3.38. The molecule has 74 valence electrons. The van der Waals surface area contributed by atoms with Crippen molar-refractivity contribution in [2.24, 2.45) is 5.92 Å². The van der Waals surface area contributed by atoms with Gasteiger partial charge in [-0.3, -0.25) is 4.79 Å². The van der Waals surface area contributed by atoms with Gasteiger partial charge in [0.25, 0.3) is 0 Å². The van der Waals surface area contributed by atoms with E-state index in [4.69, 9.17) is 11.6 Å². The molecule has 0 aliphatic rings. The van der Waals surface area contributed by atoms with Gasteiger partial charge < -0.3 is 4.57 Å². The van der Waals surface area contributed by atoms with Crippen LogP contribution in [0.15, 0.2) is 4.79 Å². The van der Waals surface area contributed by atoms with Crippen LogP contribution in [0.1, 0.15) is 17.5 Å². The molecule has 1 heterocycles. The maximum atomic E-state index is 11.5. The molecule has 0 radical (unpaired) electrons. The first-order valence-electron chi connectivity index (χ1n) is 4.29. The summed E-state index contributed by atoms with van der Waals surface area (Å²) in [4.78, 5) is 12.7. The summed E-state index contributed by atoms with van der Waals surface area (Å²) in [7, 11) is 0. The summed E-state index contributed by atoms with van der Waals surface area (Å²) in [5.41, 5.74) is 1.08. The Hall–Kier alpha value is -0.280. The molecule has 0 bridgehead atoms. The Kier molecular flexibility index (Phi) is 3.56. The van der Waals surface area contributed by atoms with E-state index in [0.29, 0.717) is 11.8 Å². The van der Waals surface area contributed by atoms with Crippen LogP contribution in [0.2, 0.25) is 0 Å². The van der Waals surface area contributed by atoms with Crippen LogP contribution in [0, 0.1) is 19.8 Å². The van der Waals surface area contributed by atoms with Crippen LogP contribution in [-0.2, 0) is 6.54 Å². The number of halogens is 1. The summed E-state index contributed by atoms with van der Waals surface area (Å²) in [6, 6.07) is 0. The van der Waals surface area contributed by atoms with Crippen molar-refractivity contribution >= 4 is 22.9 Å². The summed E-state index contributed by atoms with van der Waals surface area (Å²) < 4.78 is 1.81. The van der Waals surface area contributed by atoms with E-state index >= 15 is 0 Å². The number of alkyl halides is 1. The first-order valence-corrected chi connectivity index (χ1v) is 5.64. The van der Waals surface area contributed by atoms with Gasteiger partial charge in [0.2, 0.25) is 0 Å². The zero-order chi connectivity index (χ0) is 10.0. The minimum absolute atomic E-state index is 0.131. The van der Waals surface area contributed by atoms with Crippen LogP contribution in [0.5, 0.6) is 0 Å². The molecule has 1 aromatic heterocycles. The Morgan fingerprint density at radius 2 is 2.15 bits per heavy atom. The standard InChI is InChI=1S/C9H14ClNOS/c1-6(4-10)5-11-7(2)8(3)13-9(11)12/h6H,4-5H2,1-3H3. The topological polar surface area (TPSA) is 22.0 Å². The third-order valence-corrected chi connectivity index (χ3v) is 3.66. The van der Waals surface area contributed by atoms with E-state index < -0.39 is 0 Å². The van der Waals surface area contributed by atoms with Gasteiger partial charge in [-0.25, -0.2) is 0 Å². The maximum absolute atomic E-state index is 11.5. The molecular weight excluding hydrogens is 206 g/mol. The van der Waals surface area contributed by atoms with Crippen molar-refractivity contribution in [3.05, 3.63) is 20.2 Å². The van der Waals surface area contributed by atoms with Gasteiger partial charge in [-0.1, -0.05) is 18.3 Å². The van der Waals surface area contributed by atoms with Crippen molar-refractivity contribution < 1.29 is 0 Å². The second kappa shape index (κ2) is 4.29. The van der Waals surface area contributed by atoms with Crippen molar-refractivity contribution in [2.45, 2.75) is 27.3 Å². The molecule has 0 aliphatic heterocycles. The maximum Gasteiger partial charge on any atom is 0.307 e. The van der Waals surface area contributed by atoms with Gasteiger partial charge in [0, 0.05) is 23.0 Å². The lowest BCUT2D eigenvalue weighted by Gasteiger charge is -2.09. The van der Waals surface area contributed by atoms with E-state index in [9.17, 15) is 4.79 Å². The summed E-state index contributed by atoms with van der Waals surface area (Å²) in [5.74, 6) is 0.952. The number of rotatable bonds is 3. The zero-order valence-electron chi connectivity index (χ0n) is 8.13. The number of nitrogens with zero attached hydrogens (tertiary/aromatic N) is 1. The molecule has 1 unspecified atom stereocenters. The first-order chi connectivity index (χ1) is 6.06. The third-order valence-electron chi connectivity index (χ3n) is 2.13. The van der Waals surface area contributed by atoms with Gasteiger partial charge in [-0.15, -0.1) is 11.6 Å². The Balaban J connectivity index is 2.94. The highest BCUT2D eigenvalue weighted by Crippen LogP contribution is 2.11. The molecule has 4 heteroatoms. The molecule has 0 aliphatic carbocycles. The second-order valence-corrected chi connectivity index (χ2v) is 4.85. The van der Waals surface area contributed by atoms with E-state index in [1.807, 2.05) is 25.3 Å². The SMILES string of the molecule is Cc1sc(=O)n(CC(C)CCl)c1C. The van der Waals surface area contributed by atoms with E-state index in [0.717, 1.165) is 17.1 Å². The molecule has 0 saturated carbocycles. The Bertz CT molecular complexity index is 342. The molecule has 13 heavy (non-hydrogen) atoms. The summed E-state index contributed by atoms with van der Waals surface area (Å²) in [5, 5.41) is 0. The Morgan fingerprint density at radius 3 is 2.54 bits per heavy atom. The molecule has 0 saturated heterocycles. The van der Waals surface area contributed by atoms with E-state index in [2.05, 4.69) is 0 Å². The van der Waals surface area contributed by atoms with Gasteiger partial charge in [-0.2, -0.15) is 0 Å². The van der Waals surface area contributed by atoms with Crippen LogP contribution in [0.25, 0.3) is 0 Å². The van der Waals surface area contributed by atoms with Crippen molar-refractivity contribution in [1.29, 1.82) is 0 Å². The Morgan fingerprint density at radius 1 is 1.54 bits per heavy atom. The zero-order valence-corrected chi connectivity index (χ0v) is 9.71. The molecular formula is C9H14ClNOS. The number of thiazole rings is 1. The van der Waals surface area contributed by atoms with Crippen LogP contribution >= 0.6 is 22.9 Å². The lowest BCUT2D eigenvalue weighted by Crippen LogP contribution is -2.19. The predicted octanol–water partition coefficient (Wildman–Crippen LogP) is 2.40. The van der Waals surface area contributed by atoms with Gasteiger partial charge >= 0.3 is 4.87 Å².